The number of halogens is 1. The molecule has 3 rings (SSSR count). The number of nitrogens with one attached hydrogen (secondary N) is 2. The van der Waals surface area contributed by atoms with Gasteiger partial charge in [-0.15, -0.1) is 10.2 Å². The van der Waals surface area contributed by atoms with Gasteiger partial charge in [0.05, 0.1) is 18.4 Å². The first-order chi connectivity index (χ1) is 15.4. The second-order valence-corrected chi connectivity index (χ2v) is 8.28. The lowest BCUT2D eigenvalue weighted by molar-refractivity contribution is -0.113. The van der Waals surface area contributed by atoms with E-state index in [1.807, 2.05) is 13.8 Å². The third-order valence-electron chi connectivity index (χ3n) is 4.47. The summed E-state index contributed by atoms with van der Waals surface area (Å²) in [6, 6.07) is 13.5. The number of anilines is 1. The van der Waals surface area contributed by atoms with E-state index in [4.69, 9.17) is 16.3 Å². The Labute approximate surface area is 195 Å². The molecule has 8 nitrogen and oxygen atoms in total. The fourth-order valence-corrected chi connectivity index (χ4v) is 3.84. The van der Waals surface area contributed by atoms with Gasteiger partial charge < -0.3 is 19.9 Å². The summed E-state index contributed by atoms with van der Waals surface area (Å²) in [7, 11) is 1.80. The summed E-state index contributed by atoms with van der Waals surface area (Å²) < 4.78 is 7.15. The monoisotopic (exact) mass is 473 g/mol. The molecular formula is C22H24ClN5O3S. The molecule has 2 aromatic carbocycles. The molecule has 1 aromatic heterocycles. The topological polar surface area (TPSA) is 98.1 Å². The molecule has 10 heteroatoms. The minimum Gasteiger partial charge on any atom is -0.494 e. The van der Waals surface area contributed by atoms with Crippen LogP contribution in [0.15, 0.2) is 53.7 Å². The van der Waals surface area contributed by atoms with E-state index in [0.29, 0.717) is 33.9 Å². The minimum absolute atomic E-state index is 0.161. The predicted octanol–water partition coefficient (Wildman–Crippen LogP) is 4.09. The van der Waals surface area contributed by atoms with E-state index < -0.39 is 0 Å². The van der Waals surface area contributed by atoms with Crippen LogP contribution >= 0.6 is 23.4 Å². The molecule has 0 aliphatic heterocycles. The summed E-state index contributed by atoms with van der Waals surface area (Å²) in [5.74, 6) is 1.08. The fraction of sp³-hybridized carbons (Fsp3) is 0.273. The molecule has 32 heavy (non-hydrogen) atoms. The third kappa shape index (κ3) is 6.24. The van der Waals surface area contributed by atoms with Gasteiger partial charge in [0.15, 0.2) is 11.0 Å². The van der Waals surface area contributed by atoms with E-state index in [1.165, 1.54) is 11.8 Å². The molecule has 0 fully saturated rings. The lowest BCUT2D eigenvalue weighted by Crippen LogP contribution is -2.28. The maximum atomic E-state index is 12.5. The van der Waals surface area contributed by atoms with Gasteiger partial charge in [-0.05, 0) is 56.3 Å². The first kappa shape index (κ1) is 23.6. The third-order valence-corrected chi connectivity index (χ3v) is 5.73. The summed E-state index contributed by atoms with van der Waals surface area (Å²) in [6.45, 7) is 4.32. The van der Waals surface area contributed by atoms with Crippen LogP contribution in [0.4, 0.5) is 5.69 Å². The van der Waals surface area contributed by atoms with Crippen molar-refractivity contribution < 1.29 is 14.3 Å². The number of aromatic nitrogens is 3. The summed E-state index contributed by atoms with van der Waals surface area (Å²) in [5, 5.41) is 15.1. The van der Waals surface area contributed by atoms with E-state index in [2.05, 4.69) is 20.8 Å². The van der Waals surface area contributed by atoms with Crippen molar-refractivity contribution in [1.82, 2.24) is 20.1 Å². The molecule has 1 atom stereocenters. The van der Waals surface area contributed by atoms with Gasteiger partial charge in [0.25, 0.3) is 5.91 Å². The Morgan fingerprint density at radius 3 is 2.62 bits per heavy atom. The first-order valence-corrected chi connectivity index (χ1v) is 11.3. The highest BCUT2D eigenvalue weighted by molar-refractivity contribution is 7.99. The normalized spacial score (nSPS) is 11.6. The number of hydrogen-bond donors (Lipinski definition) is 2. The van der Waals surface area contributed by atoms with Crippen LogP contribution in [0.25, 0.3) is 0 Å². The second-order valence-electron chi connectivity index (χ2n) is 6.90. The maximum Gasteiger partial charge on any atom is 0.251 e. The number of carbonyl (C=O) groups excluding carboxylic acids is 2. The Kier molecular flexibility index (Phi) is 8.13. The Bertz CT molecular complexity index is 1090. The highest BCUT2D eigenvalue weighted by atomic mass is 35.5. The van der Waals surface area contributed by atoms with Crippen molar-refractivity contribution in [2.75, 3.05) is 17.7 Å². The Balaban J connectivity index is 1.54. The van der Waals surface area contributed by atoms with Gasteiger partial charge in [0.1, 0.15) is 5.75 Å². The van der Waals surface area contributed by atoms with E-state index in [0.717, 1.165) is 5.75 Å². The molecule has 0 unspecified atom stereocenters. The maximum absolute atomic E-state index is 12.5. The van der Waals surface area contributed by atoms with Gasteiger partial charge in [0, 0.05) is 23.3 Å². The number of amides is 2. The Morgan fingerprint density at radius 2 is 1.94 bits per heavy atom. The largest absolute Gasteiger partial charge is 0.494 e. The van der Waals surface area contributed by atoms with E-state index in [1.54, 1.807) is 60.1 Å². The standard InChI is InChI=1S/C22H24ClN5O3S/c1-4-31-18-10-8-17(9-11-18)25-19(29)13-32-22-27-26-20(28(22)3)14(2)24-21(30)15-6-5-7-16(23)12-15/h5-12,14H,4,13H2,1-3H3,(H,24,30)(H,25,29)/t14-/m1/s1. The number of benzene rings is 2. The number of carbonyl (C=O) groups is 2. The van der Waals surface area contributed by atoms with Crippen molar-refractivity contribution in [3.05, 3.63) is 64.9 Å². The van der Waals surface area contributed by atoms with Crippen molar-refractivity contribution in [2.45, 2.75) is 25.0 Å². The summed E-state index contributed by atoms with van der Waals surface area (Å²) >= 11 is 7.22. The molecule has 3 aromatic rings. The average molecular weight is 474 g/mol. The van der Waals surface area contributed by atoms with Crippen LogP contribution in [0, 0.1) is 0 Å². The first-order valence-electron chi connectivity index (χ1n) is 9.98. The zero-order valence-corrected chi connectivity index (χ0v) is 19.5. The smallest absolute Gasteiger partial charge is 0.251 e. The van der Waals surface area contributed by atoms with Gasteiger partial charge in [-0.3, -0.25) is 9.59 Å². The van der Waals surface area contributed by atoms with Crippen LogP contribution in [-0.2, 0) is 11.8 Å². The average Bonchev–Trinajstić information content (AvgIpc) is 3.14. The molecule has 168 valence electrons. The predicted molar refractivity (Wildman–Crippen MR) is 125 cm³/mol. The zero-order chi connectivity index (χ0) is 23.1. The molecule has 2 amide bonds. The number of ether oxygens (including phenoxy) is 1. The van der Waals surface area contributed by atoms with Gasteiger partial charge in [0.2, 0.25) is 5.91 Å². The molecule has 0 radical (unpaired) electrons. The molecule has 0 spiro atoms. The number of nitrogens with zero attached hydrogens (tertiary/aromatic N) is 3. The van der Waals surface area contributed by atoms with Crippen molar-refractivity contribution in [3.63, 3.8) is 0 Å². The molecule has 0 bridgehead atoms. The molecular weight excluding hydrogens is 450 g/mol. The number of hydrogen-bond acceptors (Lipinski definition) is 6. The summed E-state index contributed by atoms with van der Waals surface area (Å²) in [6.07, 6.45) is 0. The van der Waals surface area contributed by atoms with Crippen LogP contribution in [0.3, 0.4) is 0 Å². The molecule has 0 saturated carbocycles. The van der Waals surface area contributed by atoms with Crippen LogP contribution < -0.4 is 15.4 Å². The SMILES string of the molecule is CCOc1ccc(NC(=O)CSc2nnc([C@@H](C)NC(=O)c3cccc(Cl)c3)n2C)cc1. The van der Waals surface area contributed by atoms with E-state index >= 15 is 0 Å². The molecule has 1 heterocycles. The van der Waals surface area contributed by atoms with E-state index in [9.17, 15) is 9.59 Å². The quantitative estimate of drug-likeness (QED) is 0.454. The molecule has 2 N–H and O–H groups in total. The van der Waals surface area contributed by atoms with Crippen molar-refractivity contribution in [1.29, 1.82) is 0 Å². The van der Waals surface area contributed by atoms with Gasteiger partial charge in [-0.2, -0.15) is 0 Å². The van der Waals surface area contributed by atoms with Crippen molar-refractivity contribution in [3.8, 4) is 5.75 Å². The molecule has 0 aliphatic carbocycles. The Morgan fingerprint density at radius 1 is 1.19 bits per heavy atom. The van der Waals surface area contributed by atoms with E-state index in [-0.39, 0.29) is 23.6 Å². The molecule has 0 aliphatic rings. The van der Waals surface area contributed by atoms with Gasteiger partial charge in [-0.25, -0.2) is 0 Å². The number of rotatable bonds is 9. The lowest BCUT2D eigenvalue weighted by Gasteiger charge is -2.13. The fourth-order valence-electron chi connectivity index (χ4n) is 2.93. The van der Waals surface area contributed by atoms with Crippen LogP contribution in [0.5, 0.6) is 5.75 Å². The Hall–Kier alpha value is -3.04. The van der Waals surface area contributed by atoms with Crippen LogP contribution in [0.1, 0.15) is 36.1 Å². The highest BCUT2D eigenvalue weighted by Gasteiger charge is 2.19. The van der Waals surface area contributed by atoms with Gasteiger partial charge >= 0.3 is 0 Å². The molecule has 0 saturated heterocycles. The second kappa shape index (κ2) is 11.0. The zero-order valence-electron chi connectivity index (χ0n) is 18.0. The summed E-state index contributed by atoms with van der Waals surface area (Å²) in [5.41, 5.74) is 1.15. The van der Waals surface area contributed by atoms with Crippen LogP contribution in [-0.4, -0.2) is 38.9 Å². The van der Waals surface area contributed by atoms with Gasteiger partial charge in [-0.1, -0.05) is 29.4 Å². The highest BCUT2D eigenvalue weighted by Crippen LogP contribution is 2.21. The van der Waals surface area contributed by atoms with Crippen LogP contribution in [0.2, 0.25) is 5.02 Å². The van der Waals surface area contributed by atoms with Crippen molar-refractivity contribution >= 4 is 40.9 Å². The number of thioether (sulfide) groups is 1. The lowest BCUT2D eigenvalue weighted by atomic mass is 10.2. The summed E-state index contributed by atoms with van der Waals surface area (Å²) in [4.78, 5) is 24.7. The van der Waals surface area contributed by atoms with Crippen molar-refractivity contribution in [2.24, 2.45) is 7.05 Å². The minimum atomic E-state index is -0.383.